The lowest BCUT2D eigenvalue weighted by Gasteiger charge is -2.12. The van der Waals surface area contributed by atoms with Gasteiger partial charge in [0.15, 0.2) is 0 Å². The van der Waals surface area contributed by atoms with Crippen LogP contribution in [0.2, 0.25) is 5.02 Å². The molecule has 3 N–H and O–H groups in total. The molecule has 1 heterocycles. The van der Waals surface area contributed by atoms with Crippen LogP contribution in [0.1, 0.15) is 40.2 Å². The van der Waals surface area contributed by atoms with Gasteiger partial charge in [0.2, 0.25) is 0 Å². The number of hydrogen-bond acceptors (Lipinski definition) is 3. The molecule has 1 saturated carbocycles. The van der Waals surface area contributed by atoms with Crippen molar-refractivity contribution in [1.82, 2.24) is 15.1 Å². The van der Waals surface area contributed by atoms with Crippen LogP contribution in [0.25, 0.3) is 0 Å². The molecule has 1 aliphatic carbocycles. The van der Waals surface area contributed by atoms with E-state index in [0.717, 1.165) is 17.0 Å². The van der Waals surface area contributed by atoms with Gasteiger partial charge in [-0.2, -0.15) is 5.10 Å². The number of hydrogen-bond donors (Lipinski definition) is 2. The first-order chi connectivity index (χ1) is 11.5. The molecule has 25 heavy (non-hydrogen) atoms. The quantitative estimate of drug-likeness (QED) is 0.805. The number of amides is 1. The molecule has 7 heteroatoms. The zero-order valence-corrected chi connectivity index (χ0v) is 16.0. The third-order valence-corrected chi connectivity index (χ3v) is 4.83. The third-order valence-electron chi connectivity index (χ3n) is 4.58. The fourth-order valence-electron chi connectivity index (χ4n) is 2.93. The molecule has 1 aromatic carbocycles. The minimum absolute atomic E-state index is 0. The molecule has 0 bridgehead atoms. The second kappa shape index (κ2) is 8.21. The van der Waals surface area contributed by atoms with E-state index in [2.05, 4.69) is 10.4 Å². The summed E-state index contributed by atoms with van der Waals surface area (Å²) in [6.07, 6.45) is 2.35. The number of benzene rings is 1. The van der Waals surface area contributed by atoms with Crippen molar-refractivity contribution in [1.29, 1.82) is 0 Å². The van der Waals surface area contributed by atoms with Crippen LogP contribution in [0.3, 0.4) is 0 Å². The van der Waals surface area contributed by atoms with Crippen LogP contribution in [0.15, 0.2) is 24.3 Å². The van der Waals surface area contributed by atoms with Crippen molar-refractivity contribution in [3.8, 4) is 0 Å². The molecular formula is C18H24Cl2N4O. The van der Waals surface area contributed by atoms with E-state index < -0.39 is 0 Å². The summed E-state index contributed by atoms with van der Waals surface area (Å²) in [5.74, 6) is 0.476. The molecule has 1 aliphatic rings. The number of carbonyl (C=O) groups excluding carboxylic acids is 1. The van der Waals surface area contributed by atoms with Gasteiger partial charge in [0.05, 0.1) is 17.8 Å². The fraction of sp³-hybridized carbons (Fsp3) is 0.444. The summed E-state index contributed by atoms with van der Waals surface area (Å²) in [6, 6.07) is 7.70. The van der Waals surface area contributed by atoms with Gasteiger partial charge < -0.3 is 11.1 Å². The number of carbonyl (C=O) groups is 1. The minimum atomic E-state index is -0.0940. The molecular weight excluding hydrogens is 359 g/mol. The summed E-state index contributed by atoms with van der Waals surface area (Å²) < 4.78 is 1.86. The van der Waals surface area contributed by atoms with Gasteiger partial charge in [-0.15, -0.1) is 12.4 Å². The van der Waals surface area contributed by atoms with Crippen molar-refractivity contribution in [2.24, 2.45) is 11.7 Å². The molecule has 3 rings (SSSR count). The van der Waals surface area contributed by atoms with Crippen LogP contribution in [0, 0.1) is 19.8 Å². The monoisotopic (exact) mass is 382 g/mol. The number of rotatable bonds is 6. The predicted octanol–water partition coefficient (Wildman–Crippen LogP) is 3.09. The van der Waals surface area contributed by atoms with Gasteiger partial charge >= 0.3 is 0 Å². The second-order valence-electron chi connectivity index (χ2n) is 6.54. The topological polar surface area (TPSA) is 72.9 Å². The van der Waals surface area contributed by atoms with Gasteiger partial charge in [-0.3, -0.25) is 9.48 Å². The summed E-state index contributed by atoms with van der Waals surface area (Å²) in [7, 11) is 0. The molecule has 1 aromatic heterocycles. The third kappa shape index (κ3) is 4.75. The lowest BCUT2D eigenvalue weighted by atomic mass is 10.1. The zero-order valence-electron chi connectivity index (χ0n) is 14.5. The normalized spacial score (nSPS) is 14.7. The Balaban J connectivity index is 0.00000225. The molecule has 1 fully saturated rings. The molecule has 0 aliphatic heterocycles. The highest BCUT2D eigenvalue weighted by molar-refractivity contribution is 6.30. The van der Waals surface area contributed by atoms with Crippen LogP contribution in [0.4, 0.5) is 0 Å². The number of nitrogens with one attached hydrogen (secondary N) is 1. The Morgan fingerprint density at radius 3 is 2.60 bits per heavy atom. The summed E-state index contributed by atoms with van der Waals surface area (Å²) in [5, 5.41) is 8.17. The first kappa shape index (κ1) is 19.8. The number of aromatic nitrogens is 2. The number of halogens is 2. The van der Waals surface area contributed by atoms with Gasteiger partial charge in [0.25, 0.3) is 5.91 Å². The second-order valence-corrected chi connectivity index (χ2v) is 6.98. The standard InChI is InChI=1S/C18H23ClN4O.ClH/c1-11-17(18(24)21-9-16(20)14-5-6-14)12(2)23(22-11)10-13-3-7-15(19)8-4-13;/h3-4,7-8,14,16H,5-6,9-10,20H2,1-2H3,(H,21,24);1H. The smallest absolute Gasteiger partial charge is 0.255 e. The molecule has 1 atom stereocenters. The highest BCUT2D eigenvalue weighted by Gasteiger charge is 2.29. The van der Waals surface area contributed by atoms with E-state index >= 15 is 0 Å². The van der Waals surface area contributed by atoms with Crippen molar-refractivity contribution in [2.75, 3.05) is 6.54 Å². The first-order valence-corrected chi connectivity index (χ1v) is 8.65. The Bertz CT molecular complexity index is 738. The first-order valence-electron chi connectivity index (χ1n) is 8.28. The molecule has 0 radical (unpaired) electrons. The molecule has 0 saturated heterocycles. The summed E-state index contributed by atoms with van der Waals surface area (Å²) >= 11 is 5.92. The average Bonchev–Trinajstić information content (AvgIpc) is 3.35. The van der Waals surface area contributed by atoms with Crippen LogP contribution >= 0.6 is 24.0 Å². The van der Waals surface area contributed by atoms with E-state index in [0.29, 0.717) is 29.6 Å². The van der Waals surface area contributed by atoms with E-state index in [9.17, 15) is 4.79 Å². The predicted molar refractivity (Wildman–Crippen MR) is 103 cm³/mol. The Morgan fingerprint density at radius 2 is 2.00 bits per heavy atom. The molecule has 1 amide bonds. The lowest BCUT2D eigenvalue weighted by molar-refractivity contribution is 0.0949. The number of nitrogens with zero attached hydrogens (tertiary/aromatic N) is 2. The fourth-order valence-corrected chi connectivity index (χ4v) is 3.06. The van der Waals surface area contributed by atoms with Crippen molar-refractivity contribution >= 4 is 29.9 Å². The van der Waals surface area contributed by atoms with Crippen molar-refractivity contribution in [3.05, 3.63) is 51.8 Å². The maximum Gasteiger partial charge on any atom is 0.255 e. The highest BCUT2D eigenvalue weighted by atomic mass is 35.5. The van der Waals surface area contributed by atoms with Gasteiger partial charge in [0, 0.05) is 23.3 Å². The van der Waals surface area contributed by atoms with Crippen molar-refractivity contribution < 1.29 is 4.79 Å². The highest BCUT2D eigenvalue weighted by Crippen LogP contribution is 2.31. The van der Waals surface area contributed by atoms with Gasteiger partial charge in [0.1, 0.15) is 0 Å². The van der Waals surface area contributed by atoms with Gasteiger partial charge in [-0.1, -0.05) is 23.7 Å². The maximum atomic E-state index is 12.5. The van der Waals surface area contributed by atoms with Gasteiger partial charge in [-0.25, -0.2) is 0 Å². The Morgan fingerprint density at radius 1 is 1.36 bits per heavy atom. The summed E-state index contributed by atoms with van der Waals surface area (Å²) in [4.78, 5) is 12.5. The average molecular weight is 383 g/mol. The van der Waals surface area contributed by atoms with E-state index in [1.807, 2.05) is 42.8 Å². The van der Waals surface area contributed by atoms with Crippen LogP contribution < -0.4 is 11.1 Å². The maximum absolute atomic E-state index is 12.5. The Labute approximate surface area is 159 Å². The Hall–Kier alpha value is -1.56. The van der Waals surface area contributed by atoms with E-state index in [-0.39, 0.29) is 24.4 Å². The van der Waals surface area contributed by atoms with Crippen molar-refractivity contribution in [3.63, 3.8) is 0 Å². The lowest BCUT2D eigenvalue weighted by Crippen LogP contribution is -2.38. The van der Waals surface area contributed by atoms with Gasteiger partial charge in [-0.05, 0) is 50.3 Å². The van der Waals surface area contributed by atoms with E-state index in [4.69, 9.17) is 17.3 Å². The largest absolute Gasteiger partial charge is 0.350 e. The molecule has 2 aromatic rings. The summed E-state index contributed by atoms with van der Waals surface area (Å²) in [6.45, 7) is 4.91. The van der Waals surface area contributed by atoms with Crippen LogP contribution in [-0.2, 0) is 6.54 Å². The Kier molecular flexibility index (Phi) is 6.49. The zero-order chi connectivity index (χ0) is 17.3. The molecule has 1 unspecified atom stereocenters. The number of nitrogens with two attached hydrogens (primary N) is 1. The summed E-state index contributed by atoms with van der Waals surface area (Å²) in [5.41, 5.74) is 9.39. The van der Waals surface area contributed by atoms with E-state index in [1.165, 1.54) is 12.8 Å². The van der Waals surface area contributed by atoms with Crippen LogP contribution in [0.5, 0.6) is 0 Å². The molecule has 5 nitrogen and oxygen atoms in total. The van der Waals surface area contributed by atoms with Crippen molar-refractivity contribution in [2.45, 2.75) is 39.3 Å². The molecule has 0 spiro atoms. The van der Waals surface area contributed by atoms with Crippen LogP contribution in [-0.4, -0.2) is 28.3 Å². The number of aryl methyl sites for hydroxylation is 1. The SMILES string of the molecule is Cc1nn(Cc2ccc(Cl)cc2)c(C)c1C(=O)NCC(N)C1CC1.Cl. The minimum Gasteiger partial charge on any atom is -0.350 e. The van der Waals surface area contributed by atoms with E-state index in [1.54, 1.807) is 0 Å². The molecule has 136 valence electrons.